The maximum Gasteiger partial charge on any atom is 0.251 e. The third-order valence-electron chi connectivity index (χ3n) is 4.89. The van der Waals surface area contributed by atoms with Crippen molar-refractivity contribution in [3.8, 4) is 0 Å². The average molecular weight is 398 g/mol. The number of hydrogen-bond donors (Lipinski definition) is 2. The number of aryl methyl sites for hydroxylation is 1. The highest BCUT2D eigenvalue weighted by molar-refractivity contribution is 5.95. The number of benzene rings is 3. The van der Waals surface area contributed by atoms with E-state index in [0.29, 0.717) is 11.4 Å². The van der Waals surface area contributed by atoms with E-state index in [0.717, 1.165) is 22.3 Å². The summed E-state index contributed by atoms with van der Waals surface area (Å²) in [6.07, 6.45) is 0. The van der Waals surface area contributed by atoms with Gasteiger partial charge in [0.25, 0.3) is 5.91 Å². The molecule has 0 aliphatic heterocycles. The van der Waals surface area contributed by atoms with Gasteiger partial charge < -0.3 is 15.2 Å². The minimum atomic E-state index is -0.166. The molecule has 0 aliphatic rings. The van der Waals surface area contributed by atoms with Gasteiger partial charge in [-0.2, -0.15) is 0 Å². The molecule has 30 heavy (non-hydrogen) atoms. The molecule has 0 atom stereocenters. The molecule has 0 bridgehead atoms. The molecule has 3 aromatic carbocycles. The van der Waals surface area contributed by atoms with Gasteiger partial charge in [-0.3, -0.25) is 9.59 Å². The number of aromatic nitrogens is 2. The number of carbonyl (C=O) groups is 2. The molecule has 0 saturated carbocycles. The van der Waals surface area contributed by atoms with Gasteiger partial charge in [0.1, 0.15) is 12.4 Å². The second-order valence-corrected chi connectivity index (χ2v) is 7.01. The fourth-order valence-electron chi connectivity index (χ4n) is 3.38. The average Bonchev–Trinajstić information content (AvgIpc) is 3.10. The summed E-state index contributed by atoms with van der Waals surface area (Å²) in [5.74, 6) is 0.303. The lowest BCUT2D eigenvalue weighted by molar-refractivity contribution is -0.116. The molecule has 6 heteroatoms. The quantitative estimate of drug-likeness (QED) is 0.517. The number of amides is 2. The normalized spacial score (nSPS) is 10.7. The topological polar surface area (TPSA) is 76.0 Å². The number of hydrogen-bond acceptors (Lipinski definition) is 3. The summed E-state index contributed by atoms with van der Waals surface area (Å²) in [6, 6.07) is 24.4. The van der Waals surface area contributed by atoms with E-state index < -0.39 is 0 Å². The van der Waals surface area contributed by atoms with Crippen LogP contribution in [0.1, 0.15) is 21.7 Å². The van der Waals surface area contributed by atoms with Gasteiger partial charge >= 0.3 is 0 Å². The van der Waals surface area contributed by atoms with Crippen LogP contribution in [0.15, 0.2) is 78.9 Å². The van der Waals surface area contributed by atoms with Crippen LogP contribution in [-0.2, 0) is 17.9 Å². The molecule has 4 aromatic rings. The molecule has 0 aliphatic carbocycles. The van der Waals surface area contributed by atoms with Crippen molar-refractivity contribution in [2.75, 3.05) is 5.32 Å². The summed E-state index contributed by atoms with van der Waals surface area (Å²) in [5.41, 5.74) is 3.90. The summed E-state index contributed by atoms with van der Waals surface area (Å²) in [6.45, 7) is 2.23. The predicted molar refractivity (Wildman–Crippen MR) is 117 cm³/mol. The lowest BCUT2D eigenvalue weighted by atomic mass is 10.1. The van der Waals surface area contributed by atoms with Gasteiger partial charge in [-0.1, -0.05) is 48.5 Å². The number of nitrogens with zero attached hydrogens (tertiary/aromatic N) is 2. The summed E-state index contributed by atoms with van der Waals surface area (Å²) < 4.78 is 1.84. The fraction of sp³-hybridized carbons (Fsp3) is 0.125. The van der Waals surface area contributed by atoms with Gasteiger partial charge in [0, 0.05) is 11.3 Å². The molecule has 1 aromatic heterocycles. The van der Waals surface area contributed by atoms with Crippen LogP contribution < -0.4 is 10.6 Å². The Morgan fingerprint density at radius 2 is 1.60 bits per heavy atom. The zero-order valence-corrected chi connectivity index (χ0v) is 16.6. The highest BCUT2D eigenvalue weighted by atomic mass is 16.2. The Labute approximate surface area is 174 Å². The van der Waals surface area contributed by atoms with E-state index in [1.54, 1.807) is 6.07 Å². The molecular weight excluding hydrogens is 376 g/mol. The van der Waals surface area contributed by atoms with Crippen LogP contribution in [0.2, 0.25) is 0 Å². The Hall–Kier alpha value is -3.93. The van der Waals surface area contributed by atoms with Crippen LogP contribution in [0.25, 0.3) is 11.0 Å². The van der Waals surface area contributed by atoms with Crippen LogP contribution in [0, 0.1) is 6.92 Å². The molecule has 4 rings (SSSR count). The molecule has 6 nitrogen and oxygen atoms in total. The minimum Gasteiger partial charge on any atom is -0.345 e. The van der Waals surface area contributed by atoms with Crippen molar-refractivity contribution >= 4 is 28.5 Å². The number of nitrogens with one attached hydrogen (secondary N) is 2. The fourth-order valence-corrected chi connectivity index (χ4v) is 3.38. The Bertz CT molecular complexity index is 1200. The Kier molecular flexibility index (Phi) is 5.57. The lowest BCUT2D eigenvalue weighted by Gasteiger charge is -2.11. The van der Waals surface area contributed by atoms with Gasteiger partial charge in [0.05, 0.1) is 17.6 Å². The molecule has 0 unspecified atom stereocenters. The highest BCUT2D eigenvalue weighted by Crippen LogP contribution is 2.17. The SMILES string of the molecule is Cc1ccccc1C(=O)NCc1nc2ccccc2n1CC(=O)Nc1ccccc1. The van der Waals surface area contributed by atoms with Gasteiger partial charge in [-0.05, 0) is 42.8 Å². The van der Waals surface area contributed by atoms with E-state index in [1.807, 2.05) is 84.3 Å². The molecular formula is C24H22N4O2. The van der Waals surface area contributed by atoms with Gasteiger partial charge in [0.15, 0.2) is 0 Å². The van der Waals surface area contributed by atoms with E-state index in [-0.39, 0.29) is 24.9 Å². The van der Waals surface area contributed by atoms with E-state index in [4.69, 9.17) is 0 Å². The summed E-state index contributed by atoms with van der Waals surface area (Å²) in [7, 11) is 0. The van der Waals surface area contributed by atoms with Crippen LogP contribution in [0.5, 0.6) is 0 Å². The predicted octanol–water partition coefficient (Wildman–Crippen LogP) is 3.91. The van der Waals surface area contributed by atoms with Crippen LogP contribution in [-0.4, -0.2) is 21.4 Å². The third-order valence-corrected chi connectivity index (χ3v) is 4.89. The Morgan fingerprint density at radius 1 is 0.900 bits per heavy atom. The summed E-state index contributed by atoms with van der Waals surface area (Å²) in [5, 5.41) is 5.82. The Morgan fingerprint density at radius 3 is 2.40 bits per heavy atom. The first-order chi connectivity index (χ1) is 14.6. The molecule has 2 N–H and O–H groups in total. The van der Waals surface area contributed by atoms with Crippen molar-refractivity contribution in [1.82, 2.24) is 14.9 Å². The second kappa shape index (κ2) is 8.61. The first-order valence-corrected chi connectivity index (χ1v) is 9.74. The monoisotopic (exact) mass is 398 g/mol. The van der Waals surface area contributed by atoms with Crippen LogP contribution in [0.4, 0.5) is 5.69 Å². The maximum atomic E-state index is 12.6. The first kappa shape index (κ1) is 19.4. The van der Waals surface area contributed by atoms with Crippen molar-refractivity contribution in [1.29, 1.82) is 0 Å². The molecule has 1 heterocycles. The lowest BCUT2D eigenvalue weighted by Crippen LogP contribution is -2.27. The van der Waals surface area contributed by atoms with Crippen molar-refractivity contribution in [2.45, 2.75) is 20.0 Å². The van der Waals surface area contributed by atoms with E-state index in [9.17, 15) is 9.59 Å². The molecule has 0 saturated heterocycles. The largest absolute Gasteiger partial charge is 0.345 e. The minimum absolute atomic E-state index is 0.102. The van der Waals surface area contributed by atoms with Crippen LogP contribution >= 0.6 is 0 Å². The number of fused-ring (bicyclic) bond motifs is 1. The van der Waals surface area contributed by atoms with Crippen molar-refractivity contribution in [3.05, 3.63) is 95.8 Å². The zero-order chi connectivity index (χ0) is 20.9. The number of imidazole rings is 1. The number of carbonyl (C=O) groups excluding carboxylic acids is 2. The maximum absolute atomic E-state index is 12.6. The van der Waals surface area contributed by atoms with Gasteiger partial charge in [0.2, 0.25) is 5.91 Å². The standard InChI is InChI=1S/C24H22N4O2/c1-17-9-5-6-12-19(17)24(30)25-15-22-27-20-13-7-8-14-21(20)28(22)16-23(29)26-18-10-3-2-4-11-18/h2-14H,15-16H2,1H3,(H,25,30)(H,26,29). The smallest absolute Gasteiger partial charge is 0.251 e. The van der Waals surface area contributed by atoms with E-state index in [2.05, 4.69) is 15.6 Å². The van der Waals surface area contributed by atoms with Gasteiger partial charge in [-0.15, -0.1) is 0 Å². The molecule has 150 valence electrons. The van der Waals surface area contributed by atoms with Crippen molar-refractivity contribution < 1.29 is 9.59 Å². The second-order valence-electron chi connectivity index (χ2n) is 7.01. The molecule has 0 spiro atoms. The molecule has 0 radical (unpaired) electrons. The molecule has 0 fully saturated rings. The summed E-state index contributed by atoms with van der Waals surface area (Å²) >= 11 is 0. The third kappa shape index (κ3) is 4.22. The Balaban J connectivity index is 1.55. The van der Waals surface area contributed by atoms with Crippen molar-refractivity contribution in [3.63, 3.8) is 0 Å². The number of rotatable bonds is 6. The van der Waals surface area contributed by atoms with Crippen molar-refractivity contribution in [2.24, 2.45) is 0 Å². The highest BCUT2D eigenvalue weighted by Gasteiger charge is 2.15. The first-order valence-electron chi connectivity index (χ1n) is 9.74. The van der Waals surface area contributed by atoms with E-state index in [1.165, 1.54) is 0 Å². The number of anilines is 1. The van der Waals surface area contributed by atoms with E-state index >= 15 is 0 Å². The van der Waals surface area contributed by atoms with Crippen LogP contribution in [0.3, 0.4) is 0 Å². The summed E-state index contributed by atoms with van der Waals surface area (Å²) in [4.78, 5) is 29.9. The van der Waals surface area contributed by atoms with Gasteiger partial charge in [-0.25, -0.2) is 4.98 Å². The number of para-hydroxylation sites is 3. The zero-order valence-electron chi connectivity index (χ0n) is 16.6. The molecule has 2 amide bonds.